The Hall–Kier alpha value is -5.80. The number of nitrogens with zero attached hydrogens (tertiary/aromatic N) is 2. The predicted molar refractivity (Wildman–Crippen MR) is 194 cm³/mol. The van der Waals surface area contributed by atoms with Gasteiger partial charge in [-0.3, -0.25) is 4.98 Å². The molecule has 0 spiro atoms. The highest BCUT2D eigenvalue weighted by Crippen LogP contribution is 2.46. The number of hydrogen-bond acceptors (Lipinski definition) is 3. The van der Waals surface area contributed by atoms with Crippen LogP contribution < -0.4 is 0 Å². The third-order valence-electron chi connectivity index (χ3n) is 10.2. The van der Waals surface area contributed by atoms with Gasteiger partial charge in [0.1, 0.15) is 11.3 Å². The standard InChI is InChI=1S/C44H30N2O/c1-2-14-33-27(9-1)19-22-41-42(33)38-25-31(20-21-40(38)47-41)29-11-7-10-28(23-29)30-12-8-13-32(24-30)39-26-45-43-36-17-5-3-15-34(36)35-16-4-6-18-37(35)44(43)46-39/h1,3-13,15-27,33H,2,14H2. The Morgan fingerprint density at radius 1 is 0.574 bits per heavy atom. The average molecular weight is 603 g/mol. The molecule has 222 valence electrons. The second-order valence-electron chi connectivity index (χ2n) is 12.8. The van der Waals surface area contributed by atoms with Crippen LogP contribution in [0.2, 0.25) is 0 Å². The van der Waals surface area contributed by atoms with Crippen molar-refractivity contribution in [3.05, 3.63) is 151 Å². The Labute approximate surface area is 272 Å². The summed E-state index contributed by atoms with van der Waals surface area (Å²) < 4.78 is 6.33. The molecule has 0 amide bonds. The van der Waals surface area contributed by atoms with Crippen LogP contribution >= 0.6 is 0 Å². The van der Waals surface area contributed by atoms with Crippen molar-refractivity contribution < 1.29 is 4.42 Å². The second kappa shape index (κ2) is 10.4. The van der Waals surface area contributed by atoms with Crippen LogP contribution in [0.5, 0.6) is 0 Å². The molecule has 0 saturated carbocycles. The molecule has 2 aliphatic rings. The van der Waals surface area contributed by atoms with Crippen molar-refractivity contribution in [2.24, 2.45) is 5.92 Å². The summed E-state index contributed by atoms with van der Waals surface area (Å²) in [6.07, 6.45) is 13.4. The normalized spacial score (nSPS) is 17.0. The Morgan fingerprint density at radius 3 is 2.00 bits per heavy atom. The third-order valence-corrected chi connectivity index (χ3v) is 10.2. The summed E-state index contributed by atoms with van der Waals surface area (Å²) in [5, 5.41) is 5.91. The van der Waals surface area contributed by atoms with Crippen LogP contribution in [0.4, 0.5) is 0 Å². The molecule has 10 rings (SSSR count). The highest BCUT2D eigenvalue weighted by atomic mass is 16.3. The van der Waals surface area contributed by atoms with Gasteiger partial charge in [-0.15, -0.1) is 0 Å². The van der Waals surface area contributed by atoms with E-state index in [4.69, 9.17) is 14.4 Å². The maximum absolute atomic E-state index is 6.33. The second-order valence-corrected chi connectivity index (χ2v) is 12.8. The summed E-state index contributed by atoms with van der Waals surface area (Å²) >= 11 is 0. The van der Waals surface area contributed by atoms with Crippen LogP contribution in [-0.4, -0.2) is 9.97 Å². The van der Waals surface area contributed by atoms with E-state index in [1.54, 1.807) is 0 Å². The molecule has 3 nitrogen and oxygen atoms in total. The fraction of sp³-hybridized carbons (Fsp3) is 0.0909. The molecule has 0 fully saturated rings. The average Bonchev–Trinajstić information content (AvgIpc) is 3.53. The minimum Gasteiger partial charge on any atom is -0.456 e. The van der Waals surface area contributed by atoms with E-state index in [0.717, 1.165) is 62.8 Å². The zero-order valence-electron chi connectivity index (χ0n) is 25.7. The van der Waals surface area contributed by atoms with E-state index in [2.05, 4.69) is 140 Å². The predicted octanol–water partition coefficient (Wildman–Crippen LogP) is 11.8. The van der Waals surface area contributed by atoms with Gasteiger partial charge in [-0.1, -0.05) is 109 Å². The van der Waals surface area contributed by atoms with Crippen molar-refractivity contribution in [2.45, 2.75) is 18.8 Å². The summed E-state index contributed by atoms with van der Waals surface area (Å²) in [4.78, 5) is 10.2. The molecule has 2 unspecified atom stereocenters. The maximum atomic E-state index is 6.33. The molecule has 0 radical (unpaired) electrons. The van der Waals surface area contributed by atoms with Crippen LogP contribution in [0.15, 0.2) is 144 Å². The number of aromatic nitrogens is 2. The first-order valence-corrected chi connectivity index (χ1v) is 16.5. The van der Waals surface area contributed by atoms with E-state index in [1.165, 1.54) is 38.4 Å². The van der Waals surface area contributed by atoms with Crippen molar-refractivity contribution in [3.63, 3.8) is 0 Å². The van der Waals surface area contributed by atoms with Crippen LogP contribution in [0.25, 0.3) is 83.1 Å². The van der Waals surface area contributed by atoms with Crippen LogP contribution in [0.3, 0.4) is 0 Å². The SMILES string of the molecule is C1=CC2C=Cc3oc4ccc(-c5cccc(-c6cccc(-c7cnc8c9ccccc9c9ccccc9c8n7)c6)c5)cc4c3C2CC1. The van der Waals surface area contributed by atoms with Crippen molar-refractivity contribution in [2.75, 3.05) is 0 Å². The van der Waals surface area contributed by atoms with Crippen molar-refractivity contribution in [1.82, 2.24) is 9.97 Å². The Balaban J connectivity index is 1.05. The fourth-order valence-corrected chi connectivity index (χ4v) is 7.91. The highest BCUT2D eigenvalue weighted by molar-refractivity contribution is 6.23. The summed E-state index contributed by atoms with van der Waals surface area (Å²) in [7, 11) is 0. The molecule has 2 aliphatic carbocycles. The van der Waals surface area contributed by atoms with E-state index in [9.17, 15) is 0 Å². The molecule has 2 atom stereocenters. The van der Waals surface area contributed by atoms with Gasteiger partial charge in [-0.25, -0.2) is 4.98 Å². The van der Waals surface area contributed by atoms with E-state index >= 15 is 0 Å². The molecular formula is C44H30N2O. The van der Waals surface area contributed by atoms with Gasteiger partial charge in [0.05, 0.1) is 22.9 Å². The highest BCUT2D eigenvalue weighted by Gasteiger charge is 2.30. The number of rotatable bonds is 3. The van der Waals surface area contributed by atoms with Gasteiger partial charge in [0, 0.05) is 33.2 Å². The molecule has 47 heavy (non-hydrogen) atoms. The largest absolute Gasteiger partial charge is 0.456 e. The summed E-state index contributed by atoms with van der Waals surface area (Å²) in [5.41, 5.74) is 10.9. The number of allylic oxidation sites excluding steroid dienone is 3. The van der Waals surface area contributed by atoms with E-state index in [0.29, 0.717) is 11.8 Å². The Kier molecular flexibility index (Phi) is 5.83. The van der Waals surface area contributed by atoms with Gasteiger partial charge in [0.2, 0.25) is 0 Å². The van der Waals surface area contributed by atoms with E-state index in [-0.39, 0.29) is 0 Å². The minimum atomic E-state index is 0.460. The number of benzene rings is 6. The first-order valence-electron chi connectivity index (χ1n) is 16.5. The molecule has 6 aromatic carbocycles. The molecule has 3 heteroatoms. The zero-order valence-corrected chi connectivity index (χ0v) is 25.7. The molecule has 2 aromatic heterocycles. The zero-order chi connectivity index (χ0) is 30.9. The van der Waals surface area contributed by atoms with Crippen LogP contribution in [-0.2, 0) is 0 Å². The maximum Gasteiger partial charge on any atom is 0.135 e. The van der Waals surface area contributed by atoms with Gasteiger partial charge in [-0.2, -0.15) is 0 Å². The smallest absolute Gasteiger partial charge is 0.135 e. The molecule has 0 aliphatic heterocycles. The van der Waals surface area contributed by atoms with Crippen LogP contribution in [0, 0.1) is 5.92 Å². The monoisotopic (exact) mass is 602 g/mol. The molecule has 0 saturated heterocycles. The van der Waals surface area contributed by atoms with Gasteiger partial charge in [0.15, 0.2) is 0 Å². The van der Waals surface area contributed by atoms with E-state index in [1.807, 2.05) is 6.20 Å². The topological polar surface area (TPSA) is 38.9 Å². The lowest BCUT2D eigenvalue weighted by molar-refractivity contribution is 0.506. The van der Waals surface area contributed by atoms with Crippen molar-refractivity contribution >= 4 is 49.6 Å². The van der Waals surface area contributed by atoms with Crippen molar-refractivity contribution in [1.29, 1.82) is 0 Å². The van der Waals surface area contributed by atoms with Crippen molar-refractivity contribution in [3.8, 4) is 33.5 Å². The Bertz CT molecular complexity index is 2570. The minimum absolute atomic E-state index is 0.460. The molecule has 0 bridgehead atoms. The molecule has 8 aromatic rings. The van der Waals surface area contributed by atoms with Gasteiger partial charge in [-0.05, 0) is 82.1 Å². The fourth-order valence-electron chi connectivity index (χ4n) is 7.91. The first kappa shape index (κ1) is 26.4. The summed E-state index contributed by atoms with van der Waals surface area (Å²) in [6.45, 7) is 0. The summed E-state index contributed by atoms with van der Waals surface area (Å²) in [6, 6.07) is 41.2. The summed E-state index contributed by atoms with van der Waals surface area (Å²) in [5.74, 6) is 1.97. The number of furan rings is 1. The lowest BCUT2D eigenvalue weighted by Gasteiger charge is -2.28. The van der Waals surface area contributed by atoms with Crippen LogP contribution in [0.1, 0.15) is 30.1 Å². The third kappa shape index (κ3) is 4.20. The first-order chi connectivity index (χ1) is 23.3. The lowest BCUT2D eigenvalue weighted by atomic mass is 9.75. The molecular weight excluding hydrogens is 572 g/mol. The van der Waals surface area contributed by atoms with Gasteiger partial charge < -0.3 is 4.42 Å². The Morgan fingerprint density at radius 2 is 1.23 bits per heavy atom. The lowest BCUT2D eigenvalue weighted by Crippen LogP contribution is -2.15. The quantitative estimate of drug-likeness (QED) is 0.149. The van der Waals surface area contributed by atoms with E-state index < -0.39 is 0 Å². The molecule has 2 heterocycles. The van der Waals surface area contributed by atoms with Gasteiger partial charge in [0.25, 0.3) is 0 Å². The van der Waals surface area contributed by atoms with Gasteiger partial charge >= 0.3 is 0 Å². The number of hydrogen-bond donors (Lipinski definition) is 0. The number of fused-ring (bicyclic) bond motifs is 11. The molecule has 0 N–H and O–H groups in total.